The van der Waals surface area contributed by atoms with Gasteiger partial charge in [-0.1, -0.05) is 26.8 Å². The van der Waals surface area contributed by atoms with Crippen LogP contribution in [0.25, 0.3) is 11.3 Å². The Hall–Kier alpha value is -2.56. The highest BCUT2D eigenvalue weighted by atomic mass is 16.5. The summed E-state index contributed by atoms with van der Waals surface area (Å²) in [4.78, 5) is 17.4. The van der Waals surface area contributed by atoms with E-state index in [1.165, 1.54) is 12.8 Å². The van der Waals surface area contributed by atoms with Crippen molar-refractivity contribution in [3.63, 3.8) is 0 Å². The molecule has 5 nitrogen and oxygen atoms in total. The van der Waals surface area contributed by atoms with Gasteiger partial charge in [-0.05, 0) is 73.4 Å². The summed E-state index contributed by atoms with van der Waals surface area (Å²) in [5.41, 5.74) is 2.27. The second-order valence-electron chi connectivity index (χ2n) is 9.43. The van der Waals surface area contributed by atoms with Gasteiger partial charge in [-0.25, -0.2) is 4.98 Å². The number of carboxylic acids is 1. The highest BCUT2D eigenvalue weighted by Crippen LogP contribution is 2.38. The molecular formula is C25H34N2O3. The highest BCUT2D eigenvalue weighted by Gasteiger charge is 2.30. The second kappa shape index (κ2) is 9.50. The van der Waals surface area contributed by atoms with Gasteiger partial charge in [-0.15, -0.1) is 0 Å². The Balaban J connectivity index is 1.60. The Morgan fingerprint density at radius 1 is 1.10 bits per heavy atom. The van der Waals surface area contributed by atoms with Crippen LogP contribution in [-0.4, -0.2) is 35.8 Å². The van der Waals surface area contributed by atoms with Crippen LogP contribution in [-0.2, 0) is 4.79 Å². The molecule has 30 heavy (non-hydrogen) atoms. The Morgan fingerprint density at radius 2 is 1.77 bits per heavy atom. The summed E-state index contributed by atoms with van der Waals surface area (Å²) in [5.74, 6) is 1.66. The summed E-state index contributed by atoms with van der Waals surface area (Å²) in [6.07, 6.45) is 5.10. The van der Waals surface area contributed by atoms with E-state index in [0.29, 0.717) is 18.1 Å². The number of pyridine rings is 1. The molecule has 0 radical (unpaired) electrons. The highest BCUT2D eigenvalue weighted by molar-refractivity contribution is 5.68. The van der Waals surface area contributed by atoms with Crippen LogP contribution in [0.5, 0.6) is 5.75 Å². The zero-order chi connectivity index (χ0) is 21.7. The number of nitrogens with zero attached hydrogens (tertiary/aromatic N) is 2. The first-order valence-corrected chi connectivity index (χ1v) is 10.9. The van der Waals surface area contributed by atoms with Crippen molar-refractivity contribution in [1.29, 1.82) is 0 Å². The van der Waals surface area contributed by atoms with Crippen LogP contribution in [0.15, 0.2) is 42.5 Å². The van der Waals surface area contributed by atoms with E-state index in [9.17, 15) is 4.79 Å². The number of hydrogen-bond donors (Lipinski definition) is 1. The molecular weight excluding hydrogens is 376 g/mol. The maximum atomic E-state index is 10.8. The average Bonchev–Trinajstić information content (AvgIpc) is 2.72. The summed E-state index contributed by atoms with van der Waals surface area (Å²) in [7, 11) is 1.86. The summed E-state index contributed by atoms with van der Waals surface area (Å²) >= 11 is 0. The lowest BCUT2D eigenvalue weighted by Gasteiger charge is -2.36. The number of rotatable bonds is 7. The molecule has 3 rings (SSSR count). The van der Waals surface area contributed by atoms with Gasteiger partial charge in [-0.2, -0.15) is 0 Å². The average molecular weight is 411 g/mol. The normalized spacial score (nSPS) is 19.3. The topological polar surface area (TPSA) is 62.7 Å². The van der Waals surface area contributed by atoms with Crippen molar-refractivity contribution in [1.82, 2.24) is 4.98 Å². The molecule has 0 aliphatic heterocycles. The smallest absolute Gasteiger partial charge is 0.305 e. The molecule has 1 aromatic carbocycles. The van der Waals surface area contributed by atoms with Gasteiger partial charge in [0.05, 0.1) is 18.2 Å². The molecule has 0 amide bonds. The zero-order valence-electron chi connectivity index (χ0n) is 18.6. The third kappa shape index (κ3) is 5.97. The lowest BCUT2D eigenvalue weighted by molar-refractivity contribution is -0.136. The third-order valence-electron chi connectivity index (χ3n) is 6.14. The molecule has 0 atom stereocenters. The second-order valence-corrected chi connectivity index (χ2v) is 9.43. The molecule has 0 saturated heterocycles. The monoisotopic (exact) mass is 410 g/mol. The molecule has 1 saturated carbocycles. The predicted molar refractivity (Wildman–Crippen MR) is 121 cm³/mol. The van der Waals surface area contributed by atoms with Gasteiger partial charge in [0.15, 0.2) is 0 Å². The van der Waals surface area contributed by atoms with Crippen molar-refractivity contribution in [2.24, 2.45) is 11.3 Å². The van der Waals surface area contributed by atoms with Crippen molar-refractivity contribution < 1.29 is 14.6 Å². The van der Waals surface area contributed by atoms with Crippen LogP contribution < -0.4 is 9.64 Å². The number of aromatic nitrogens is 1. The first-order chi connectivity index (χ1) is 14.2. The van der Waals surface area contributed by atoms with Crippen LogP contribution in [0.2, 0.25) is 0 Å². The van der Waals surface area contributed by atoms with E-state index in [-0.39, 0.29) is 6.42 Å². The van der Waals surface area contributed by atoms with Gasteiger partial charge in [0.25, 0.3) is 0 Å². The number of ether oxygens (including phenoxy) is 1. The third-order valence-corrected chi connectivity index (χ3v) is 6.14. The summed E-state index contributed by atoms with van der Waals surface area (Å²) in [6.45, 7) is 7.44. The molecule has 0 unspecified atom stereocenters. The number of anilines is 1. The van der Waals surface area contributed by atoms with E-state index in [0.717, 1.165) is 41.6 Å². The molecule has 1 aromatic heterocycles. The van der Waals surface area contributed by atoms with E-state index < -0.39 is 5.97 Å². The molecule has 5 heteroatoms. The quantitative estimate of drug-likeness (QED) is 0.640. The van der Waals surface area contributed by atoms with Crippen molar-refractivity contribution in [2.45, 2.75) is 59.0 Å². The molecule has 1 aliphatic carbocycles. The molecule has 2 aromatic rings. The van der Waals surface area contributed by atoms with Crippen LogP contribution in [0.4, 0.5) is 5.82 Å². The van der Waals surface area contributed by atoms with Gasteiger partial charge in [-0.3, -0.25) is 4.79 Å². The van der Waals surface area contributed by atoms with Crippen molar-refractivity contribution in [3.05, 3.63) is 42.5 Å². The minimum absolute atomic E-state index is 0.0894. The summed E-state index contributed by atoms with van der Waals surface area (Å²) in [5, 5.41) is 8.87. The Bertz CT molecular complexity index is 834. The fourth-order valence-electron chi connectivity index (χ4n) is 4.12. The standard InChI is InChI=1S/C25H34N2O3/c1-25(2,3)19-10-14-21(15-11-19)30-20-12-8-18(9-13-20)22-6-5-7-23(26-22)27(4)17-16-24(28)29/h5-9,12-13,19,21H,10-11,14-17H2,1-4H3,(H,28,29). The van der Waals surface area contributed by atoms with E-state index >= 15 is 0 Å². The Kier molecular flexibility index (Phi) is 7.01. The fraction of sp³-hybridized carbons (Fsp3) is 0.520. The maximum Gasteiger partial charge on any atom is 0.305 e. The van der Waals surface area contributed by atoms with Gasteiger partial charge in [0.1, 0.15) is 11.6 Å². The molecule has 1 N–H and O–H groups in total. The lowest BCUT2D eigenvalue weighted by Crippen LogP contribution is -2.30. The summed E-state index contributed by atoms with van der Waals surface area (Å²) < 4.78 is 6.24. The van der Waals surface area contributed by atoms with E-state index in [1.54, 1.807) is 0 Å². The first kappa shape index (κ1) is 22.1. The van der Waals surface area contributed by atoms with Crippen LogP contribution in [0, 0.1) is 11.3 Å². The Labute approximate surface area is 180 Å². The molecule has 1 aliphatic rings. The SMILES string of the molecule is CN(CCC(=O)O)c1cccc(-c2ccc(OC3CCC(C(C)(C)C)CC3)cc2)n1. The molecule has 0 spiro atoms. The van der Waals surface area contributed by atoms with Crippen LogP contribution in [0.3, 0.4) is 0 Å². The number of benzene rings is 1. The minimum Gasteiger partial charge on any atom is -0.490 e. The number of carboxylic acid groups (broad SMARTS) is 1. The van der Waals surface area contributed by atoms with Gasteiger partial charge in [0, 0.05) is 19.2 Å². The van der Waals surface area contributed by atoms with Crippen molar-refractivity contribution in [2.75, 3.05) is 18.5 Å². The molecule has 1 heterocycles. The number of hydrogen-bond acceptors (Lipinski definition) is 4. The minimum atomic E-state index is -0.805. The largest absolute Gasteiger partial charge is 0.490 e. The van der Waals surface area contributed by atoms with Gasteiger partial charge >= 0.3 is 5.97 Å². The van der Waals surface area contributed by atoms with E-state index in [1.807, 2.05) is 54.4 Å². The van der Waals surface area contributed by atoms with Gasteiger partial charge < -0.3 is 14.7 Å². The Morgan fingerprint density at radius 3 is 2.37 bits per heavy atom. The summed E-state index contributed by atoms with van der Waals surface area (Å²) in [6, 6.07) is 13.9. The van der Waals surface area contributed by atoms with Crippen LogP contribution >= 0.6 is 0 Å². The molecule has 1 fully saturated rings. The van der Waals surface area contributed by atoms with Gasteiger partial charge in [0.2, 0.25) is 0 Å². The van der Waals surface area contributed by atoms with Crippen LogP contribution in [0.1, 0.15) is 52.9 Å². The molecule has 0 bridgehead atoms. The number of aliphatic carboxylic acids is 1. The fourth-order valence-corrected chi connectivity index (χ4v) is 4.12. The predicted octanol–water partition coefficient (Wildman–Crippen LogP) is 5.64. The lowest BCUT2D eigenvalue weighted by atomic mass is 9.72. The van der Waals surface area contributed by atoms with E-state index in [2.05, 4.69) is 25.8 Å². The number of carbonyl (C=O) groups is 1. The van der Waals surface area contributed by atoms with E-state index in [4.69, 9.17) is 9.84 Å². The zero-order valence-corrected chi connectivity index (χ0v) is 18.6. The molecule has 162 valence electrons. The van der Waals surface area contributed by atoms with Crippen molar-refractivity contribution >= 4 is 11.8 Å². The first-order valence-electron chi connectivity index (χ1n) is 10.9. The maximum absolute atomic E-state index is 10.8. The van der Waals surface area contributed by atoms with Crippen molar-refractivity contribution in [3.8, 4) is 17.0 Å².